The van der Waals surface area contributed by atoms with Crippen LogP contribution >= 0.6 is 0 Å². The molecule has 1 aromatic carbocycles. The number of rotatable bonds is 6. The van der Waals surface area contributed by atoms with Crippen LogP contribution in [0.4, 0.5) is 4.79 Å². The van der Waals surface area contributed by atoms with E-state index in [9.17, 15) is 14.4 Å². The van der Waals surface area contributed by atoms with Crippen LogP contribution < -0.4 is 15.4 Å². The highest BCUT2D eigenvalue weighted by Gasteiger charge is 2.29. The number of imide groups is 1. The summed E-state index contributed by atoms with van der Waals surface area (Å²) in [5.41, 5.74) is 1.70. The minimum atomic E-state index is -0.647. The maximum Gasteiger partial charge on any atom is 0.322 e. The molecule has 26 heavy (non-hydrogen) atoms. The van der Waals surface area contributed by atoms with Crippen LogP contribution in [0, 0.1) is 0 Å². The normalized spacial score (nSPS) is 16.3. The molecule has 1 aliphatic heterocycles. The number of aromatic nitrogens is 1. The second-order valence-electron chi connectivity index (χ2n) is 6.13. The number of amides is 4. The van der Waals surface area contributed by atoms with Gasteiger partial charge >= 0.3 is 6.03 Å². The molecule has 1 atom stereocenters. The molecule has 3 rings (SSSR count). The van der Waals surface area contributed by atoms with Gasteiger partial charge in [-0.15, -0.1) is 0 Å². The third kappa shape index (κ3) is 3.58. The number of carbonyl (C=O) groups is 3. The van der Waals surface area contributed by atoms with Crippen LogP contribution in [0.3, 0.4) is 0 Å². The maximum absolute atomic E-state index is 12.4. The van der Waals surface area contributed by atoms with Crippen molar-refractivity contribution in [2.24, 2.45) is 0 Å². The number of nitrogens with one attached hydrogen (secondary N) is 2. The molecule has 0 saturated carbocycles. The van der Waals surface area contributed by atoms with Crippen LogP contribution in [0.5, 0.6) is 5.75 Å². The van der Waals surface area contributed by atoms with E-state index in [0.29, 0.717) is 12.3 Å². The van der Waals surface area contributed by atoms with Crippen molar-refractivity contribution in [2.75, 3.05) is 14.2 Å². The minimum Gasteiger partial charge on any atom is -0.494 e. The van der Waals surface area contributed by atoms with Crippen LogP contribution in [0.1, 0.15) is 18.4 Å². The fraction of sp³-hybridized carbons (Fsp3) is 0.333. The molecule has 1 unspecified atom stereocenters. The highest BCUT2D eigenvalue weighted by molar-refractivity contribution is 6.04. The highest BCUT2D eigenvalue weighted by Crippen LogP contribution is 2.27. The van der Waals surface area contributed by atoms with Gasteiger partial charge in [0, 0.05) is 31.6 Å². The number of benzene rings is 1. The van der Waals surface area contributed by atoms with E-state index in [-0.39, 0.29) is 18.7 Å². The molecular weight excluding hydrogens is 336 g/mol. The summed E-state index contributed by atoms with van der Waals surface area (Å²) in [7, 11) is 3.30. The minimum absolute atomic E-state index is 0.105. The van der Waals surface area contributed by atoms with E-state index in [1.54, 1.807) is 25.3 Å². The van der Waals surface area contributed by atoms with Gasteiger partial charge in [0.1, 0.15) is 17.3 Å². The van der Waals surface area contributed by atoms with Crippen molar-refractivity contribution in [1.82, 2.24) is 20.5 Å². The van der Waals surface area contributed by atoms with Crippen LogP contribution in [0.2, 0.25) is 0 Å². The molecule has 4 amide bonds. The molecular formula is C18H20N4O4. The van der Waals surface area contributed by atoms with Crippen LogP contribution in [0.15, 0.2) is 30.5 Å². The molecule has 1 saturated heterocycles. The number of hydrogen-bond donors (Lipinski definition) is 2. The number of nitrogens with zero attached hydrogens (tertiary/aromatic N) is 2. The number of methoxy groups -OCH3 is 1. The van der Waals surface area contributed by atoms with Crippen molar-refractivity contribution >= 4 is 28.7 Å². The molecule has 8 nitrogen and oxygen atoms in total. The Morgan fingerprint density at radius 2 is 2.12 bits per heavy atom. The van der Waals surface area contributed by atoms with E-state index in [2.05, 4.69) is 15.6 Å². The van der Waals surface area contributed by atoms with Gasteiger partial charge in [0.25, 0.3) is 5.91 Å². The molecule has 1 aromatic heterocycles. The Kier molecular flexibility index (Phi) is 5.01. The summed E-state index contributed by atoms with van der Waals surface area (Å²) in [6, 6.07) is 6.37. The van der Waals surface area contributed by atoms with E-state index in [4.69, 9.17) is 4.74 Å². The third-order valence-electron chi connectivity index (χ3n) is 4.38. The molecule has 2 aromatic rings. The fourth-order valence-corrected chi connectivity index (χ4v) is 2.97. The van der Waals surface area contributed by atoms with Crippen molar-refractivity contribution < 1.29 is 19.1 Å². The first-order chi connectivity index (χ1) is 12.5. The van der Waals surface area contributed by atoms with Crippen molar-refractivity contribution in [3.05, 3.63) is 36.0 Å². The second kappa shape index (κ2) is 7.38. The maximum atomic E-state index is 12.4. The number of ether oxygens (including phenoxy) is 1. The lowest BCUT2D eigenvalue weighted by Gasteiger charge is -2.19. The molecule has 0 spiro atoms. The van der Waals surface area contributed by atoms with Gasteiger partial charge in [-0.2, -0.15) is 0 Å². The number of carbonyl (C=O) groups excluding carboxylic acids is 3. The smallest absolute Gasteiger partial charge is 0.322 e. The summed E-state index contributed by atoms with van der Waals surface area (Å²) in [5, 5.41) is 5.57. The quantitative estimate of drug-likeness (QED) is 0.757. The number of urea groups is 1. The Labute approximate surface area is 150 Å². The van der Waals surface area contributed by atoms with Gasteiger partial charge in [-0.1, -0.05) is 12.1 Å². The van der Waals surface area contributed by atoms with Crippen LogP contribution in [-0.4, -0.2) is 47.9 Å². The third-order valence-corrected chi connectivity index (χ3v) is 4.38. The predicted molar refractivity (Wildman–Crippen MR) is 94.5 cm³/mol. The first-order valence-corrected chi connectivity index (χ1v) is 8.25. The average Bonchev–Trinajstić information content (AvgIpc) is 2.97. The second-order valence-corrected chi connectivity index (χ2v) is 6.13. The Hall–Kier alpha value is -3.16. The summed E-state index contributed by atoms with van der Waals surface area (Å²) < 4.78 is 5.33. The molecule has 8 heteroatoms. The van der Waals surface area contributed by atoms with Crippen molar-refractivity contribution in [2.45, 2.75) is 25.4 Å². The summed E-state index contributed by atoms with van der Waals surface area (Å²) >= 11 is 0. The molecule has 1 fully saturated rings. The van der Waals surface area contributed by atoms with E-state index in [1.165, 1.54) is 0 Å². The number of fused-ring (bicyclic) bond motifs is 1. The van der Waals surface area contributed by atoms with Crippen molar-refractivity contribution in [3.8, 4) is 5.75 Å². The zero-order valence-corrected chi connectivity index (χ0v) is 14.6. The first kappa shape index (κ1) is 17.7. The predicted octanol–water partition coefficient (Wildman–Crippen LogP) is 1.19. The highest BCUT2D eigenvalue weighted by atomic mass is 16.5. The SMILES string of the molecule is COc1ccc(CN(C)C(=O)CCC2NC(=O)NC2=O)c2cccnc12. The van der Waals surface area contributed by atoms with Gasteiger partial charge < -0.3 is 15.0 Å². The Bertz CT molecular complexity index is 867. The van der Waals surface area contributed by atoms with Gasteiger partial charge in [0.15, 0.2) is 0 Å². The number of pyridine rings is 1. The Morgan fingerprint density at radius 3 is 2.81 bits per heavy atom. The Morgan fingerprint density at radius 1 is 1.31 bits per heavy atom. The van der Waals surface area contributed by atoms with Gasteiger partial charge in [-0.3, -0.25) is 19.9 Å². The van der Waals surface area contributed by atoms with Crippen molar-refractivity contribution in [3.63, 3.8) is 0 Å². The summed E-state index contributed by atoms with van der Waals surface area (Å²) in [5.74, 6) is 0.186. The molecule has 2 N–H and O–H groups in total. The summed E-state index contributed by atoms with van der Waals surface area (Å²) in [6.07, 6.45) is 2.14. The first-order valence-electron chi connectivity index (χ1n) is 8.25. The lowest BCUT2D eigenvalue weighted by Crippen LogP contribution is -2.32. The number of hydrogen-bond acceptors (Lipinski definition) is 5. The summed E-state index contributed by atoms with van der Waals surface area (Å²) in [6.45, 7) is 0.411. The summed E-state index contributed by atoms with van der Waals surface area (Å²) in [4.78, 5) is 41.0. The monoisotopic (exact) mass is 356 g/mol. The van der Waals surface area contributed by atoms with Crippen LogP contribution in [0.25, 0.3) is 10.9 Å². The Balaban J connectivity index is 1.67. The molecule has 1 aliphatic rings. The van der Waals surface area contributed by atoms with E-state index in [1.807, 2.05) is 24.3 Å². The molecule has 2 heterocycles. The van der Waals surface area contributed by atoms with E-state index >= 15 is 0 Å². The largest absolute Gasteiger partial charge is 0.494 e. The lowest BCUT2D eigenvalue weighted by atomic mass is 10.1. The molecule has 0 radical (unpaired) electrons. The molecule has 0 aliphatic carbocycles. The average molecular weight is 356 g/mol. The van der Waals surface area contributed by atoms with Gasteiger partial charge in [0.05, 0.1) is 7.11 Å². The zero-order valence-electron chi connectivity index (χ0n) is 14.6. The van der Waals surface area contributed by atoms with Gasteiger partial charge in [-0.05, 0) is 24.1 Å². The fourth-order valence-electron chi connectivity index (χ4n) is 2.97. The van der Waals surface area contributed by atoms with E-state index in [0.717, 1.165) is 16.5 Å². The lowest BCUT2D eigenvalue weighted by molar-refractivity contribution is -0.130. The van der Waals surface area contributed by atoms with E-state index < -0.39 is 18.0 Å². The molecule has 0 bridgehead atoms. The topological polar surface area (TPSA) is 101 Å². The van der Waals surface area contributed by atoms with Gasteiger partial charge in [-0.25, -0.2) is 4.79 Å². The molecule has 136 valence electrons. The van der Waals surface area contributed by atoms with Crippen molar-refractivity contribution in [1.29, 1.82) is 0 Å². The zero-order chi connectivity index (χ0) is 18.7. The standard InChI is InChI=1S/C18H20N4O4/c1-22(15(23)8-6-13-17(24)21-18(25)20-13)10-11-5-7-14(26-2)16-12(11)4-3-9-19-16/h3-5,7,9,13H,6,8,10H2,1-2H3,(H2,20,21,24,25). The van der Waals surface area contributed by atoms with Crippen LogP contribution in [-0.2, 0) is 16.1 Å². The van der Waals surface area contributed by atoms with Gasteiger partial charge in [0.2, 0.25) is 5.91 Å².